The van der Waals surface area contributed by atoms with Gasteiger partial charge in [-0.2, -0.15) is 0 Å². The molecule has 0 radical (unpaired) electrons. The van der Waals surface area contributed by atoms with E-state index < -0.39 is 6.10 Å². The van der Waals surface area contributed by atoms with E-state index in [4.69, 9.17) is 0 Å². The van der Waals surface area contributed by atoms with Crippen molar-refractivity contribution in [3.63, 3.8) is 0 Å². The third-order valence-corrected chi connectivity index (χ3v) is 3.32. The summed E-state index contributed by atoms with van der Waals surface area (Å²) in [5.41, 5.74) is 1.96. The molecule has 0 fully saturated rings. The molecule has 106 valence electrons. The van der Waals surface area contributed by atoms with Gasteiger partial charge in [-0.1, -0.05) is 42.5 Å². The first kappa shape index (κ1) is 14.7. The summed E-state index contributed by atoms with van der Waals surface area (Å²) in [4.78, 5) is 1.95. The van der Waals surface area contributed by atoms with Crippen LogP contribution in [-0.2, 0) is 0 Å². The van der Waals surface area contributed by atoms with Crippen LogP contribution in [0.15, 0.2) is 54.6 Å². The number of aliphatic hydroxyl groups is 1. The van der Waals surface area contributed by atoms with Gasteiger partial charge in [-0.05, 0) is 37.4 Å². The lowest BCUT2D eigenvalue weighted by Crippen LogP contribution is -2.31. The van der Waals surface area contributed by atoms with Gasteiger partial charge >= 0.3 is 0 Å². The summed E-state index contributed by atoms with van der Waals surface area (Å²) >= 11 is 0. The number of rotatable bonds is 5. The van der Waals surface area contributed by atoms with Crippen LogP contribution < -0.4 is 0 Å². The van der Waals surface area contributed by atoms with Crippen molar-refractivity contribution in [3.8, 4) is 0 Å². The number of hydrogen-bond acceptors (Lipinski definition) is 2. The molecule has 0 aliphatic heterocycles. The highest BCUT2D eigenvalue weighted by Gasteiger charge is 2.23. The summed E-state index contributed by atoms with van der Waals surface area (Å²) in [6.45, 7) is 0.553. The zero-order valence-electron chi connectivity index (χ0n) is 11.8. The second kappa shape index (κ2) is 6.64. The van der Waals surface area contributed by atoms with Crippen LogP contribution in [0.2, 0.25) is 0 Å². The molecule has 0 heterocycles. The summed E-state index contributed by atoms with van der Waals surface area (Å²) in [5, 5.41) is 10.5. The van der Waals surface area contributed by atoms with Crippen LogP contribution in [-0.4, -0.2) is 36.8 Å². The lowest BCUT2D eigenvalue weighted by Gasteiger charge is -2.26. The van der Waals surface area contributed by atoms with Gasteiger partial charge in [0.2, 0.25) is 0 Å². The van der Waals surface area contributed by atoms with Crippen LogP contribution in [0.3, 0.4) is 0 Å². The molecule has 2 aromatic rings. The summed E-state index contributed by atoms with van der Waals surface area (Å²) in [6, 6.07) is 16.2. The van der Waals surface area contributed by atoms with Crippen molar-refractivity contribution in [3.05, 3.63) is 71.5 Å². The van der Waals surface area contributed by atoms with Crippen molar-refractivity contribution in [2.45, 2.75) is 12.0 Å². The molecular formula is C17H20FNO. The highest BCUT2D eigenvalue weighted by atomic mass is 19.1. The van der Waals surface area contributed by atoms with E-state index in [2.05, 4.69) is 0 Å². The maximum Gasteiger partial charge on any atom is 0.123 e. The number of halogens is 1. The molecule has 0 aromatic heterocycles. The second-order valence-electron chi connectivity index (χ2n) is 5.27. The van der Waals surface area contributed by atoms with Gasteiger partial charge in [-0.25, -0.2) is 4.39 Å². The van der Waals surface area contributed by atoms with Crippen LogP contribution in [0.4, 0.5) is 4.39 Å². The monoisotopic (exact) mass is 273 g/mol. The average molecular weight is 273 g/mol. The van der Waals surface area contributed by atoms with Crippen molar-refractivity contribution in [2.75, 3.05) is 20.6 Å². The van der Waals surface area contributed by atoms with Crippen molar-refractivity contribution in [2.24, 2.45) is 0 Å². The fourth-order valence-electron chi connectivity index (χ4n) is 2.45. The Hall–Kier alpha value is -1.71. The van der Waals surface area contributed by atoms with Crippen LogP contribution in [0.5, 0.6) is 0 Å². The highest BCUT2D eigenvalue weighted by molar-refractivity contribution is 5.34. The van der Waals surface area contributed by atoms with Gasteiger partial charge in [-0.15, -0.1) is 0 Å². The van der Waals surface area contributed by atoms with Crippen molar-refractivity contribution >= 4 is 0 Å². The van der Waals surface area contributed by atoms with E-state index in [-0.39, 0.29) is 11.7 Å². The number of aliphatic hydroxyl groups excluding tert-OH is 1. The molecule has 2 atom stereocenters. The smallest absolute Gasteiger partial charge is 0.123 e. The Balaban J connectivity index is 2.36. The molecule has 0 saturated carbocycles. The summed E-state index contributed by atoms with van der Waals surface area (Å²) < 4.78 is 13.1. The Morgan fingerprint density at radius 2 is 1.50 bits per heavy atom. The molecule has 3 heteroatoms. The zero-order chi connectivity index (χ0) is 14.5. The molecule has 0 unspecified atom stereocenters. The SMILES string of the molecule is CN(C)C[C@@H](O)[C@@H](c1ccccc1)c1ccc(F)cc1. The quantitative estimate of drug-likeness (QED) is 0.905. The summed E-state index contributed by atoms with van der Waals surface area (Å²) in [5.74, 6) is -0.415. The van der Waals surface area contributed by atoms with E-state index in [1.165, 1.54) is 12.1 Å². The van der Waals surface area contributed by atoms with Crippen molar-refractivity contribution in [1.29, 1.82) is 0 Å². The number of hydrogen-bond donors (Lipinski definition) is 1. The molecule has 2 nitrogen and oxygen atoms in total. The number of nitrogens with zero attached hydrogens (tertiary/aromatic N) is 1. The van der Waals surface area contributed by atoms with Crippen LogP contribution in [0.1, 0.15) is 17.0 Å². The van der Waals surface area contributed by atoms with E-state index in [1.807, 2.05) is 49.3 Å². The molecule has 0 saturated heterocycles. The highest BCUT2D eigenvalue weighted by Crippen LogP contribution is 2.28. The molecule has 20 heavy (non-hydrogen) atoms. The van der Waals surface area contributed by atoms with E-state index in [9.17, 15) is 9.50 Å². The largest absolute Gasteiger partial charge is 0.391 e. The first-order chi connectivity index (χ1) is 9.58. The van der Waals surface area contributed by atoms with Crippen molar-refractivity contribution in [1.82, 2.24) is 4.90 Å². The van der Waals surface area contributed by atoms with E-state index in [0.29, 0.717) is 6.54 Å². The molecule has 0 aliphatic rings. The van der Waals surface area contributed by atoms with E-state index >= 15 is 0 Å². The standard InChI is InChI=1S/C17H20FNO/c1-19(2)12-16(20)17(13-6-4-3-5-7-13)14-8-10-15(18)11-9-14/h3-11,16-17,20H,12H2,1-2H3/t16-,17+/m1/s1. The summed E-state index contributed by atoms with van der Waals surface area (Å²) in [6.07, 6.45) is -0.544. The molecule has 0 amide bonds. The fourth-order valence-corrected chi connectivity index (χ4v) is 2.45. The van der Waals surface area contributed by atoms with E-state index in [1.54, 1.807) is 12.1 Å². The zero-order valence-corrected chi connectivity index (χ0v) is 11.8. The van der Waals surface area contributed by atoms with Crippen LogP contribution in [0.25, 0.3) is 0 Å². The minimum atomic E-state index is -0.544. The average Bonchev–Trinajstić information content (AvgIpc) is 2.42. The Kier molecular flexibility index (Phi) is 4.88. The normalized spacial score (nSPS) is 14.2. The maximum atomic E-state index is 13.1. The minimum absolute atomic E-state index is 0.154. The first-order valence-corrected chi connectivity index (χ1v) is 6.71. The van der Waals surface area contributed by atoms with Crippen LogP contribution >= 0.6 is 0 Å². The maximum absolute atomic E-state index is 13.1. The van der Waals surface area contributed by atoms with Gasteiger partial charge in [-0.3, -0.25) is 0 Å². The van der Waals surface area contributed by atoms with Crippen molar-refractivity contribution < 1.29 is 9.50 Å². The Morgan fingerprint density at radius 1 is 0.950 bits per heavy atom. The Morgan fingerprint density at radius 3 is 2.05 bits per heavy atom. The fraction of sp³-hybridized carbons (Fsp3) is 0.294. The first-order valence-electron chi connectivity index (χ1n) is 6.71. The number of benzene rings is 2. The molecule has 0 bridgehead atoms. The third kappa shape index (κ3) is 3.65. The number of likely N-dealkylation sites (N-methyl/N-ethyl adjacent to an activating group) is 1. The minimum Gasteiger partial charge on any atom is -0.391 e. The van der Waals surface area contributed by atoms with Crippen LogP contribution in [0, 0.1) is 5.82 Å². The molecular weight excluding hydrogens is 253 g/mol. The third-order valence-electron chi connectivity index (χ3n) is 3.32. The second-order valence-corrected chi connectivity index (χ2v) is 5.27. The lowest BCUT2D eigenvalue weighted by molar-refractivity contribution is 0.121. The summed E-state index contributed by atoms with van der Waals surface area (Å²) in [7, 11) is 3.85. The lowest BCUT2D eigenvalue weighted by atomic mass is 9.86. The van der Waals surface area contributed by atoms with E-state index in [0.717, 1.165) is 11.1 Å². The van der Waals surface area contributed by atoms with Gasteiger partial charge in [0.15, 0.2) is 0 Å². The Bertz CT molecular complexity index is 524. The van der Waals surface area contributed by atoms with Gasteiger partial charge in [0, 0.05) is 12.5 Å². The molecule has 0 spiro atoms. The molecule has 0 aliphatic carbocycles. The predicted molar refractivity (Wildman–Crippen MR) is 79.2 cm³/mol. The molecule has 2 aromatic carbocycles. The molecule has 1 N–H and O–H groups in total. The van der Waals surface area contributed by atoms with Gasteiger partial charge in [0.1, 0.15) is 5.82 Å². The van der Waals surface area contributed by atoms with Gasteiger partial charge in [0.25, 0.3) is 0 Å². The predicted octanol–water partition coefficient (Wildman–Crippen LogP) is 2.88. The van der Waals surface area contributed by atoms with Gasteiger partial charge < -0.3 is 10.0 Å². The molecule has 2 rings (SSSR count). The topological polar surface area (TPSA) is 23.5 Å². The Labute approximate surface area is 119 Å². The van der Waals surface area contributed by atoms with Gasteiger partial charge in [0.05, 0.1) is 6.10 Å².